The van der Waals surface area contributed by atoms with Crippen molar-refractivity contribution in [1.82, 2.24) is 0 Å². The Bertz CT molecular complexity index is 1290. The summed E-state index contributed by atoms with van der Waals surface area (Å²) in [4.78, 5) is 3.84. The Morgan fingerprint density at radius 1 is 0.949 bits per heavy atom. The molecule has 0 atom stereocenters. The van der Waals surface area contributed by atoms with Crippen LogP contribution < -0.4 is 9.47 Å². The zero-order valence-electron chi connectivity index (χ0n) is 24.6. The normalized spacial score (nSPS) is 14.9. The number of hydrogen-bond acceptors (Lipinski definition) is 3. The largest absolute Gasteiger partial charge is 0.388 e. The number of fused-ring (bicyclic) bond motifs is 2. The monoisotopic (exact) mass is 637 g/mol. The minimum Gasteiger partial charge on any atom is -0.388 e. The van der Waals surface area contributed by atoms with Gasteiger partial charge in [0.05, 0.1) is 66.8 Å². The van der Waals surface area contributed by atoms with Crippen LogP contribution in [0.15, 0.2) is 58.0 Å². The third-order valence-corrected chi connectivity index (χ3v) is 8.82. The van der Waals surface area contributed by atoms with E-state index < -0.39 is 0 Å². The third kappa shape index (κ3) is 9.55. The molecule has 39 heavy (non-hydrogen) atoms. The number of nitrogens with zero attached hydrogens (tertiary/aromatic N) is 4. The summed E-state index contributed by atoms with van der Waals surface area (Å²) in [5, 5.41) is 2.66. The number of thiazole rings is 1. The Morgan fingerprint density at radius 2 is 1.62 bits per heavy atom. The van der Waals surface area contributed by atoms with E-state index in [9.17, 15) is 0 Å². The molecule has 1 aliphatic heterocycles. The molecule has 0 amide bonds. The molecule has 3 aromatic rings. The van der Waals surface area contributed by atoms with E-state index in [1.807, 2.05) is 35.2 Å². The first-order valence-electron chi connectivity index (χ1n) is 13.4. The van der Waals surface area contributed by atoms with Gasteiger partial charge in [-0.2, -0.15) is 36.4 Å². The summed E-state index contributed by atoms with van der Waals surface area (Å²) in [5.74, 6) is 0. The molecular formula is C31H43N4S2V2+. The fourth-order valence-corrected chi connectivity index (χ4v) is 6.92. The molecule has 8 heteroatoms. The van der Waals surface area contributed by atoms with Crippen molar-refractivity contribution in [2.75, 3.05) is 66.8 Å². The average molecular weight is 638 g/mol. The molecule has 0 fully saturated rings. The molecule has 0 aliphatic carbocycles. The molecule has 0 bridgehead atoms. The number of benzene rings is 2. The van der Waals surface area contributed by atoms with Gasteiger partial charge in [0.25, 0.3) is 0 Å². The number of hydrogen-bond donors (Lipinski definition) is 0. The van der Waals surface area contributed by atoms with Crippen LogP contribution in [-0.2, 0) is 43.7 Å². The van der Waals surface area contributed by atoms with Gasteiger partial charge in [-0.1, -0.05) is 40.6 Å². The maximum Gasteiger partial charge on any atom is 0.249 e. The first-order valence-corrected chi connectivity index (χ1v) is 15.0. The van der Waals surface area contributed by atoms with Gasteiger partial charge in [-0.15, -0.1) is 12.1 Å². The molecule has 0 spiro atoms. The summed E-state index contributed by atoms with van der Waals surface area (Å²) in [5.41, 5.74) is 3.96. The molecule has 0 unspecified atom stereocenters. The third-order valence-electron chi connectivity index (χ3n) is 6.60. The zero-order valence-corrected chi connectivity index (χ0v) is 29.0. The fourth-order valence-electron chi connectivity index (χ4n) is 4.63. The van der Waals surface area contributed by atoms with Crippen LogP contribution in [0.4, 0.5) is 5.69 Å². The number of anilines is 1. The molecular weight excluding hydrogens is 594 g/mol. The number of aryl methyl sites for hydroxylation is 1. The minimum atomic E-state index is 0. The number of quaternary nitrogens is 2. The summed E-state index contributed by atoms with van der Waals surface area (Å²) >= 11 is 3.79. The number of aromatic nitrogens is 1. The van der Waals surface area contributed by atoms with E-state index in [0.717, 1.165) is 54.4 Å². The Labute approximate surface area is 268 Å². The van der Waals surface area contributed by atoms with Gasteiger partial charge in [-0.25, -0.2) is 4.57 Å². The number of rotatable bonds is 11. The van der Waals surface area contributed by atoms with Crippen LogP contribution in [0.3, 0.4) is 0 Å². The van der Waals surface area contributed by atoms with Gasteiger partial charge in [-0.3, -0.25) is 0 Å². The van der Waals surface area contributed by atoms with Gasteiger partial charge in [0.2, 0.25) is 5.01 Å². The summed E-state index contributed by atoms with van der Waals surface area (Å²) < 4.78 is 5.82. The van der Waals surface area contributed by atoms with Crippen molar-refractivity contribution in [3.63, 3.8) is 0 Å². The van der Waals surface area contributed by atoms with E-state index in [0.29, 0.717) is 0 Å². The summed E-state index contributed by atoms with van der Waals surface area (Å²) in [6.07, 6.45) is 8.14. The number of allylic oxidation sites excluding steroid dienone is 2. The first kappa shape index (κ1) is 34.3. The fraction of sp³-hybridized carbons (Fsp3) is 0.452. The van der Waals surface area contributed by atoms with Crippen molar-refractivity contribution in [1.29, 1.82) is 0 Å². The Balaban J connectivity index is 0.00000267. The molecule has 4 nitrogen and oxygen atoms in total. The van der Waals surface area contributed by atoms with E-state index in [1.165, 1.54) is 36.4 Å². The maximum atomic E-state index is 3.30. The van der Waals surface area contributed by atoms with Crippen LogP contribution >= 0.6 is 23.1 Å². The standard InChI is InChI=1S/C31H43N4S2.2V/c1-8-25(23-30-32(19-13-21-34(2,3)4)26-15-9-11-17-28(26)36-30)24-31-33(20-14-22-35(5,6)7)27-16-10-12-18-29(27)37-31;;/h11-12,15-18,23-24H,8,13-14,19-22H2,1-7H3;;/q+1;;. The van der Waals surface area contributed by atoms with E-state index in [4.69, 9.17) is 0 Å². The van der Waals surface area contributed by atoms with E-state index in [1.54, 1.807) is 0 Å². The topological polar surface area (TPSA) is 7.12 Å². The average Bonchev–Trinajstić information content (AvgIpc) is 3.35. The predicted molar refractivity (Wildman–Crippen MR) is 161 cm³/mol. The van der Waals surface area contributed by atoms with Crippen LogP contribution in [0, 0.1) is 12.1 Å². The molecule has 4 rings (SSSR count). The molecule has 208 valence electrons. The van der Waals surface area contributed by atoms with E-state index in [-0.39, 0.29) is 37.1 Å². The van der Waals surface area contributed by atoms with Crippen molar-refractivity contribution in [3.05, 3.63) is 70.2 Å². The van der Waals surface area contributed by atoms with E-state index >= 15 is 0 Å². The van der Waals surface area contributed by atoms with Crippen molar-refractivity contribution >= 4 is 45.1 Å². The molecule has 1 aromatic heterocycles. The Morgan fingerprint density at radius 3 is 2.31 bits per heavy atom. The van der Waals surface area contributed by atoms with Crippen LogP contribution in [0.2, 0.25) is 0 Å². The molecule has 0 saturated heterocycles. The van der Waals surface area contributed by atoms with Crippen LogP contribution in [0.1, 0.15) is 31.2 Å². The quantitative estimate of drug-likeness (QED) is 0.140. The summed E-state index contributed by atoms with van der Waals surface area (Å²) in [6, 6.07) is 19.4. The van der Waals surface area contributed by atoms with Crippen LogP contribution in [0.25, 0.3) is 16.3 Å². The van der Waals surface area contributed by atoms with Crippen molar-refractivity contribution in [2.24, 2.45) is 0 Å². The second-order valence-corrected chi connectivity index (χ2v) is 14.0. The van der Waals surface area contributed by atoms with Gasteiger partial charge < -0.3 is 13.9 Å². The van der Waals surface area contributed by atoms with Gasteiger partial charge >= 0.3 is 0 Å². The summed E-state index contributed by atoms with van der Waals surface area (Å²) in [7, 11) is 13.6. The number of thioether (sulfide) groups is 1. The predicted octanol–water partition coefficient (Wildman–Crippen LogP) is 6.22. The second-order valence-electron chi connectivity index (χ2n) is 11.9. The SMILES string of the molecule is CCC(=Cc1sc2cc[c-]cc2[n+]1CCC[N+](C)(C)C)C=C1Sc2cc[c-]cc2N1CCC[N+](C)(C)C.[V].[V]. The molecule has 2 heterocycles. The molecule has 2 aromatic carbocycles. The smallest absolute Gasteiger partial charge is 0.249 e. The summed E-state index contributed by atoms with van der Waals surface area (Å²) in [6.45, 7) is 6.64. The van der Waals surface area contributed by atoms with Crippen LogP contribution in [-0.4, -0.2) is 70.9 Å². The second kappa shape index (κ2) is 14.8. The molecule has 0 saturated carbocycles. The molecule has 2 radical (unpaired) electrons. The Kier molecular flexibility index (Phi) is 13.0. The molecule has 1 aliphatic rings. The van der Waals surface area contributed by atoms with Crippen molar-refractivity contribution in [2.45, 2.75) is 37.6 Å². The van der Waals surface area contributed by atoms with E-state index in [2.05, 4.69) is 107 Å². The van der Waals surface area contributed by atoms with Gasteiger partial charge in [0.1, 0.15) is 12.1 Å². The zero-order chi connectivity index (χ0) is 26.6. The first-order chi connectivity index (χ1) is 17.5. The minimum absolute atomic E-state index is 0. The van der Waals surface area contributed by atoms with Gasteiger partial charge in [-0.05, 0) is 22.8 Å². The molecule has 0 N–H and O–H groups in total. The van der Waals surface area contributed by atoms with Gasteiger partial charge in [0, 0.05) is 56.2 Å². The van der Waals surface area contributed by atoms with Crippen molar-refractivity contribution in [3.8, 4) is 0 Å². The van der Waals surface area contributed by atoms with Gasteiger partial charge in [0.15, 0.2) is 0 Å². The van der Waals surface area contributed by atoms with Crippen molar-refractivity contribution < 1.29 is 50.6 Å². The Hall–Kier alpha value is -0.951. The van der Waals surface area contributed by atoms with Crippen LogP contribution in [0.5, 0.6) is 0 Å². The maximum absolute atomic E-state index is 3.30.